The molecule has 1 aromatic carbocycles. The zero-order valence-corrected chi connectivity index (χ0v) is 8.20. The van der Waals surface area contributed by atoms with Gasteiger partial charge >= 0.3 is 0 Å². The second kappa shape index (κ2) is 3.62. The van der Waals surface area contributed by atoms with Crippen LogP contribution in [-0.4, -0.2) is 15.3 Å². The van der Waals surface area contributed by atoms with Crippen LogP contribution >= 0.6 is 0 Å². The summed E-state index contributed by atoms with van der Waals surface area (Å²) in [6, 6.07) is 11.2. The van der Waals surface area contributed by atoms with Gasteiger partial charge in [-0.25, -0.2) is 0 Å². The van der Waals surface area contributed by atoms with Gasteiger partial charge in [0.05, 0.1) is 6.20 Å². The molecule has 0 N–H and O–H groups in total. The van der Waals surface area contributed by atoms with Gasteiger partial charge in [0.15, 0.2) is 0 Å². The highest BCUT2D eigenvalue weighted by Crippen LogP contribution is 2.21. The van der Waals surface area contributed by atoms with Crippen LogP contribution in [0.2, 0.25) is 0 Å². The van der Waals surface area contributed by atoms with Crippen molar-refractivity contribution in [3.05, 3.63) is 42.6 Å². The maximum Gasteiger partial charge on any atom is 0.258 e. The van der Waals surface area contributed by atoms with Crippen LogP contribution in [0.15, 0.2) is 51.6 Å². The summed E-state index contributed by atoms with van der Waals surface area (Å²) in [6.45, 7) is 0. The van der Waals surface area contributed by atoms with Gasteiger partial charge in [0.1, 0.15) is 0 Å². The molecular formula is C11H7N3O2. The summed E-state index contributed by atoms with van der Waals surface area (Å²) in [6.07, 6.45) is 1.54. The highest BCUT2D eigenvalue weighted by molar-refractivity contribution is 5.55. The van der Waals surface area contributed by atoms with E-state index in [0.29, 0.717) is 17.5 Å². The lowest BCUT2D eigenvalue weighted by Crippen LogP contribution is -1.78. The topological polar surface area (TPSA) is 65.0 Å². The summed E-state index contributed by atoms with van der Waals surface area (Å²) in [5.74, 6) is 1.36. The minimum atomic E-state index is 0.399. The van der Waals surface area contributed by atoms with Crippen LogP contribution in [0, 0.1) is 0 Å². The van der Waals surface area contributed by atoms with Gasteiger partial charge in [-0.2, -0.15) is 4.98 Å². The van der Waals surface area contributed by atoms with E-state index in [1.165, 1.54) is 6.20 Å². The molecule has 0 spiro atoms. The van der Waals surface area contributed by atoms with Crippen LogP contribution in [0.5, 0.6) is 0 Å². The molecule has 3 aromatic rings. The van der Waals surface area contributed by atoms with Gasteiger partial charge in [-0.1, -0.05) is 28.5 Å². The molecule has 0 fully saturated rings. The van der Waals surface area contributed by atoms with E-state index >= 15 is 0 Å². The Labute approximate surface area is 90.7 Å². The third-order valence-corrected chi connectivity index (χ3v) is 2.10. The van der Waals surface area contributed by atoms with E-state index < -0.39 is 0 Å². The van der Waals surface area contributed by atoms with Crippen molar-refractivity contribution < 1.29 is 9.05 Å². The summed E-state index contributed by atoms with van der Waals surface area (Å²) in [7, 11) is 0. The Hall–Kier alpha value is -2.43. The summed E-state index contributed by atoms with van der Waals surface area (Å²) in [5.41, 5.74) is 0.876. The first-order valence-corrected chi connectivity index (χ1v) is 4.74. The zero-order valence-electron chi connectivity index (χ0n) is 8.20. The summed E-state index contributed by atoms with van der Waals surface area (Å²) in [5, 5.41) is 7.40. The van der Waals surface area contributed by atoms with Crippen molar-refractivity contribution in [2.24, 2.45) is 0 Å². The number of benzene rings is 1. The zero-order chi connectivity index (χ0) is 10.8. The minimum absolute atomic E-state index is 0.399. The third-order valence-electron chi connectivity index (χ3n) is 2.10. The number of hydrogen-bond acceptors (Lipinski definition) is 5. The fraction of sp³-hybridized carbons (Fsp3) is 0. The van der Waals surface area contributed by atoms with Crippen LogP contribution in [0.1, 0.15) is 0 Å². The Kier molecular flexibility index (Phi) is 2.00. The Morgan fingerprint density at radius 3 is 2.56 bits per heavy atom. The minimum Gasteiger partial charge on any atom is -0.353 e. The second-order valence-electron chi connectivity index (χ2n) is 3.17. The van der Waals surface area contributed by atoms with Gasteiger partial charge in [-0.15, -0.1) is 0 Å². The number of nitrogens with zero attached hydrogens (tertiary/aromatic N) is 3. The number of rotatable bonds is 2. The molecule has 5 heteroatoms. The SMILES string of the molecule is c1ccc(-c2nc(-c3ccno3)no2)cc1. The van der Waals surface area contributed by atoms with Crippen LogP contribution in [-0.2, 0) is 0 Å². The molecule has 0 bridgehead atoms. The molecule has 16 heavy (non-hydrogen) atoms. The van der Waals surface area contributed by atoms with E-state index in [0.717, 1.165) is 5.56 Å². The molecule has 78 valence electrons. The Morgan fingerprint density at radius 1 is 0.938 bits per heavy atom. The predicted octanol–water partition coefficient (Wildman–Crippen LogP) is 2.39. The van der Waals surface area contributed by atoms with Gasteiger partial charge in [0.2, 0.25) is 11.6 Å². The molecule has 0 aliphatic rings. The van der Waals surface area contributed by atoms with Crippen molar-refractivity contribution in [3.8, 4) is 23.0 Å². The van der Waals surface area contributed by atoms with Crippen molar-refractivity contribution in [1.29, 1.82) is 0 Å². The van der Waals surface area contributed by atoms with Crippen LogP contribution < -0.4 is 0 Å². The molecule has 0 radical (unpaired) electrons. The van der Waals surface area contributed by atoms with Crippen molar-refractivity contribution >= 4 is 0 Å². The molecule has 2 aromatic heterocycles. The molecule has 3 rings (SSSR count). The monoisotopic (exact) mass is 213 g/mol. The Bertz CT molecular complexity index is 572. The van der Waals surface area contributed by atoms with E-state index in [9.17, 15) is 0 Å². The van der Waals surface area contributed by atoms with Crippen LogP contribution in [0.3, 0.4) is 0 Å². The lowest BCUT2D eigenvalue weighted by molar-refractivity contribution is 0.412. The lowest BCUT2D eigenvalue weighted by Gasteiger charge is -1.89. The highest BCUT2D eigenvalue weighted by Gasteiger charge is 2.12. The normalized spacial score (nSPS) is 10.5. The van der Waals surface area contributed by atoms with E-state index in [4.69, 9.17) is 9.05 Å². The standard InChI is InChI=1S/C11H7N3O2/c1-2-4-8(5-3-1)11-13-10(14-16-11)9-6-7-12-15-9/h1-7H. The molecule has 2 heterocycles. The molecule has 0 amide bonds. The molecular weight excluding hydrogens is 206 g/mol. The highest BCUT2D eigenvalue weighted by atomic mass is 16.5. The molecule has 0 saturated heterocycles. The molecule has 0 saturated carbocycles. The fourth-order valence-corrected chi connectivity index (χ4v) is 1.35. The lowest BCUT2D eigenvalue weighted by atomic mass is 10.2. The second-order valence-corrected chi connectivity index (χ2v) is 3.17. The van der Waals surface area contributed by atoms with E-state index in [-0.39, 0.29) is 0 Å². The molecule has 0 unspecified atom stereocenters. The fourth-order valence-electron chi connectivity index (χ4n) is 1.35. The molecule has 0 aliphatic carbocycles. The van der Waals surface area contributed by atoms with Crippen LogP contribution in [0.25, 0.3) is 23.0 Å². The van der Waals surface area contributed by atoms with Gasteiger partial charge in [-0.05, 0) is 12.1 Å². The van der Waals surface area contributed by atoms with E-state index in [2.05, 4.69) is 15.3 Å². The summed E-state index contributed by atoms with van der Waals surface area (Å²) < 4.78 is 10.1. The smallest absolute Gasteiger partial charge is 0.258 e. The van der Waals surface area contributed by atoms with Gasteiger partial charge in [0.25, 0.3) is 5.89 Å². The average Bonchev–Trinajstić information content (AvgIpc) is 3.01. The molecule has 0 aliphatic heterocycles. The number of hydrogen-bond donors (Lipinski definition) is 0. The first-order valence-electron chi connectivity index (χ1n) is 4.74. The van der Waals surface area contributed by atoms with Gasteiger partial charge in [-0.3, -0.25) is 0 Å². The van der Waals surface area contributed by atoms with Crippen molar-refractivity contribution in [2.45, 2.75) is 0 Å². The van der Waals surface area contributed by atoms with Crippen molar-refractivity contribution in [3.63, 3.8) is 0 Å². The van der Waals surface area contributed by atoms with Crippen molar-refractivity contribution in [1.82, 2.24) is 15.3 Å². The first-order chi connectivity index (χ1) is 7.93. The van der Waals surface area contributed by atoms with E-state index in [1.54, 1.807) is 6.07 Å². The molecule has 0 atom stereocenters. The van der Waals surface area contributed by atoms with E-state index in [1.807, 2.05) is 30.3 Å². The summed E-state index contributed by atoms with van der Waals surface area (Å²) >= 11 is 0. The maximum absolute atomic E-state index is 5.13. The molecule has 5 nitrogen and oxygen atoms in total. The largest absolute Gasteiger partial charge is 0.353 e. The first kappa shape index (κ1) is 8.84. The predicted molar refractivity (Wildman–Crippen MR) is 55.2 cm³/mol. The summed E-state index contributed by atoms with van der Waals surface area (Å²) in [4.78, 5) is 4.21. The van der Waals surface area contributed by atoms with Crippen molar-refractivity contribution in [2.75, 3.05) is 0 Å². The number of aromatic nitrogens is 3. The van der Waals surface area contributed by atoms with Crippen LogP contribution in [0.4, 0.5) is 0 Å². The maximum atomic E-state index is 5.13. The quantitative estimate of drug-likeness (QED) is 0.653. The van der Waals surface area contributed by atoms with Gasteiger partial charge < -0.3 is 9.05 Å². The Balaban J connectivity index is 2.00. The average molecular weight is 213 g/mol. The van der Waals surface area contributed by atoms with Gasteiger partial charge in [0, 0.05) is 11.6 Å². The third kappa shape index (κ3) is 1.48. The Morgan fingerprint density at radius 2 is 1.81 bits per heavy atom.